The van der Waals surface area contributed by atoms with E-state index in [0.717, 1.165) is 54.2 Å². The van der Waals surface area contributed by atoms with E-state index < -0.39 is 65.6 Å². The lowest BCUT2D eigenvalue weighted by atomic mass is 9.97. The highest BCUT2D eigenvalue weighted by Crippen LogP contribution is 2.41. The summed E-state index contributed by atoms with van der Waals surface area (Å²) in [6, 6.07) is 7.31. The zero-order chi connectivity index (χ0) is 33.3. The van der Waals surface area contributed by atoms with Gasteiger partial charge in [0.15, 0.2) is 0 Å². The summed E-state index contributed by atoms with van der Waals surface area (Å²) in [4.78, 5) is 15.8. The van der Waals surface area contributed by atoms with Crippen LogP contribution in [0.3, 0.4) is 0 Å². The van der Waals surface area contributed by atoms with Crippen LogP contribution in [-0.2, 0) is 17.1 Å². The molecule has 0 saturated carbocycles. The lowest BCUT2D eigenvalue weighted by molar-refractivity contribution is -0.143. The number of anilines is 1. The van der Waals surface area contributed by atoms with Crippen molar-refractivity contribution in [2.24, 2.45) is 0 Å². The van der Waals surface area contributed by atoms with E-state index >= 15 is 0 Å². The van der Waals surface area contributed by atoms with Gasteiger partial charge in [0.1, 0.15) is 6.10 Å². The number of ether oxygens (including phenoxy) is 1. The van der Waals surface area contributed by atoms with E-state index in [0.29, 0.717) is 17.7 Å². The molecule has 45 heavy (non-hydrogen) atoms. The molecule has 2 heterocycles. The molecule has 2 saturated heterocycles. The summed E-state index contributed by atoms with van der Waals surface area (Å²) in [5.41, 5.74) is -2.31. The van der Waals surface area contributed by atoms with E-state index in [-0.39, 0.29) is 11.6 Å². The maximum atomic E-state index is 14.0. The van der Waals surface area contributed by atoms with Crippen molar-refractivity contribution in [1.82, 2.24) is 4.90 Å². The molecular formula is C32H31F9N2O2. The minimum Gasteiger partial charge on any atom is -0.439 e. The van der Waals surface area contributed by atoms with Crippen LogP contribution >= 0.6 is 0 Å². The van der Waals surface area contributed by atoms with Gasteiger partial charge in [0.05, 0.1) is 22.7 Å². The van der Waals surface area contributed by atoms with Crippen LogP contribution in [0.25, 0.3) is 5.57 Å². The summed E-state index contributed by atoms with van der Waals surface area (Å²) in [6.45, 7) is 5.76. The van der Waals surface area contributed by atoms with Crippen LogP contribution in [0.15, 0.2) is 71.8 Å². The number of nitrogens with zero attached hydrogens (tertiary/aromatic N) is 2. The lowest BCUT2D eigenvalue weighted by Crippen LogP contribution is -2.33. The van der Waals surface area contributed by atoms with Gasteiger partial charge in [-0.2, -0.15) is 39.5 Å². The third-order valence-electron chi connectivity index (χ3n) is 7.77. The van der Waals surface area contributed by atoms with E-state index in [2.05, 4.69) is 4.90 Å². The number of rotatable bonds is 7. The van der Waals surface area contributed by atoms with Crippen molar-refractivity contribution in [3.8, 4) is 0 Å². The molecule has 13 heteroatoms. The minimum atomic E-state index is -5.11. The van der Waals surface area contributed by atoms with Crippen LogP contribution < -0.4 is 4.90 Å². The predicted molar refractivity (Wildman–Crippen MR) is 151 cm³/mol. The van der Waals surface area contributed by atoms with Crippen LogP contribution in [0.4, 0.5) is 50.0 Å². The van der Waals surface area contributed by atoms with Gasteiger partial charge >= 0.3 is 24.6 Å². The fourth-order valence-corrected chi connectivity index (χ4v) is 5.34. The summed E-state index contributed by atoms with van der Waals surface area (Å²) in [5, 5.41) is 0. The number of carbonyl (C=O) groups excluding carboxylic acids is 1. The zero-order valence-electron chi connectivity index (χ0n) is 24.6. The Hall–Kier alpha value is -3.90. The van der Waals surface area contributed by atoms with E-state index in [1.807, 2.05) is 18.2 Å². The molecule has 2 fully saturated rings. The van der Waals surface area contributed by atoms with Gasteiger partial charge in [-0.1, -0.05) is 23.8 Å². The Morgan fingerprint density at radius 1 is 0.889 bits per heavy atom. The van der Waals surface area contributed by atoms with E-state index in [4.69, 9.17) is 4.74 Å². The number of allylic oxidation sites excluding steroid dienone is 5. The van der Waals surface area contributed by atoms with Gasteiger partial charge in [0.2, 0.25) is 0 Å². The Bertz CT molecular complexity index is 1460. The average molecular weight is 647 g/mol. The van der Waals surface area contributed by atoms with Gasteiger partial charge < -0.3 is 9.64 Å². The van der Waals surface area contributed by atoms with Gasteiger partial charge in [0.25, 0.3) is 0 Å². The number of halogens is 9. The Morgan fingerprint density at radius 3 is 2.04 bits per heavy atom. The average Bonchev–Trinajstić information content (AvgIpc) is 3.58. The molecular weight excluding hydrogens is 615 g/mol. The van der Waals surface area contributed by atoms with Crippen LogP contribution in [0.1, 0.15) is 62.0 Å². The van der Waals surface area contributed by atoms with E-state index in [9.17, 15) is 44.3 Å². The maximum absolute atomic E-state index is 14.0. The Balaban J connectivity index is 1.56. The molecule has 0 N–H and O–H groups in total. The lowest BCUT2D eigenvalue weighted by Gasteiger charge is -2.23. The molecule has 2 aromatic rings. The van der Waals surface area contributed by atoms with Crippen LogP contribution in [0.2, 0.25) is 0 Å². The second-order valence-electron chi connectivity index (χ2n) is 11.2. The summed E-state index contributed by atoms with van der Waals surface area (Å²) in [6.07, 6.45) is -12.4. The summed E-state index contributed by atoms with van der Waals surface area (Å²) < 4.78 is 127. The number of cyclic esters (lactones) is 1. The number of benzene rings is 2. The van der Waals surface area contributed by atoms with Gasteiger partial charge in [-0.15, -0.1) is 0 Å². The summed E-state index contributed by atoms with van der Waals surface area (Å²) in [5.74, 6) is 0. The van der Waals surface area contributed by atoms with Crippen molar-refractivity contribution < 1.29 is 49.0 Å². The second-order valence-corrected chi connectivity index (χ2v) is 11.2. The molecule has 0 bridgehead atoms. The maximum Gasteiger partial charge on any atom is 0.416 e. The topological polar surface area (TPSA) is 32.8 Å². The smallest absolute Gasteiger partial charge is 0.416 e. The van der Waals surface area contributed by atoms with Crippen LogP contribution in [0.5, 0.6) is 0 Å². The largest absolute Gasteiger partial charge is 0.439 e. The third-order valence-corrected chi connectivity index (χ3v) is 7.77. The van der Waals surface area contributed by atoms with E-state index in [1.165, 1.54) is 19.9 Å². The molecule has 2 aliphatic rings. The highest BCUT2D eigenvalue weighted by molar-refractivity contribution is 5.72. The van der Waals surface area contributed by atoms with E-state index in [1.54, 1.807) is 13.0 Å². The first kappa shape index (κ1) is 34.0. The van der Waals surface area contributed by atoms with Crippen molar-refractivity contribution in [2.75, 3.05) is 24.5 Å². The first-order valence-corrected chi connectivity index (χ1v) is 14.1. The summed E-state index contributed by atoms with van der Waals surface area (Å²) >= 11 is 0. The number of hydrogen-bond donors (Lipinski definition) is 0. The highest BCUT2D eigenvalue weighted by atomic mass is 19.4. The SMILES string of the molecule is C\C(=C/C(=C\C=C(/C)c1cccc(N2CCCC2)c1)C(F)(F)F)CN1C(=O)OC(c2cc(C(F)(F)F)cc(C(F)(F)F)c2)C1C. The monoisotopic (exact) mass is 646 g/mol. The van der Waals surface area contributed by atoms with Crippen molar-refractivity contribution in [3.63, 3.8) is 0 Å². The Labute approximate surface area is 254 Å². The fraction of sp³-hybridized carbons (Fsp3) is 0.406. The van der Waals surface area contributed by atoms with Gasteiger partial charge in [0, 0.05) is 25.3 Å². The molecule has 0 radical (unpaired) electrons. The second kappa shape index (κ2) is 12.8. The molecule has 2 aromatic carbocycles. The molecule has 0 spiro atoms. The quantitative estimate of drug-likeness (QED) is 0.222. The predicted octanol–water partition coefficient (Wildman–Crippen LogP) is 9.74. The first-order chi connectivity index (χ1) is 20.8. The molecule has 4 rings (SSSR count). The first-order valence-electron chi connectivity index (χ1n) is 14.1. The van der Waals surface area contributed by atoms with Gasteiger partial charge in [-0.05, 0) is 92.8 Å². The molecule has 2 aliphatic heterocycles. The summed E-state index contributed by atoms with van der Waals surface area (Å²) in [7, 11) is 0. The Morgan fingerprint density at radius 2 is 1.49 bits per heavy atom. The van der Waals surface area contributed by atoms with Crippen molar-refractivity contribution >= 4 is 17.4 Å². The molecule has 0 aromatic heterocycles. The highest BCUT2D eigenvalue weighted by Gasteiger charge is 2.43. The fourth-order valence-electron chi connectivity index (χ4n) is 5.34. The van der Waals surface area contributed by atoms with Gasteiger partial charge in [-0.3, -0.25) is 4.90 Å². The minimum absolute atomic E-state index is 0.0406. The van der Waals surface area contributed by atoms with Gasteiger partial charge in [-0.25, -0.2) is 4.79 Å². The molecule has 0 aliphatic carbocycles. The number of carbonyl (C=O) groups is 1. The number of amides is 1. The van der Waals surface area contributed by atoms with Crippen molar-refractivity contribution in [1.29, 1.82) is 0 Å². The Kier molecular flexibility index (Phi) is 9.70. The van der Waals surface area contributed by atoms with Crippen molar-refractivity contribution in [2.45, 2.75) is 64.3 Å². The molecule has 2 unspecified atom stereocenters. The van der Waals surface area contributed by atoms with Crippen molar-refractivity contribution in [3.05, 3.63) is 94.1 Å². The normalized spacial score (nSPS) is 20.7. The van der Waals surface area contributed by atoms with Crippen LogP contribution in [-0.4, -0.2) is 42.8 Å². The molecule has 1 amide bonds. The molecule has 244 valence electrons. The number of alkyl halides is 9. The number of hydrogen-bond acceptors (Lipinski definition) is 3. The third kappa shape index (κ3) is 8.23. The zero-order valence-corrected chi connectivity index (χ0v) is 24.6. The molecule has 4 nitrogen and oxygen atoms in total. The molecule has 2 atom stereocenters. The standard InChI is InChI=1S/C32H31F9N2O2/c1-19(13-24(30(33,34)35)10-9-20(2)22-7-6-8-27(16-22)42-11-4-5-12-42)18-43-21(3)28(45-29(43)44)23-14-25(31(36,37)38)17-26(15-23)32(39,40)41/h6-10,13-17,21,28H,4-5,11-12,18H2,1-3H3/b19-13+,20-9+,24-10+. The van der Waals surface area contributed by atoms with Crippen LogP contribution in [0, 0.1) is 0 Å².